The number of benzene rings is 3. The van der Waals surface area contributed by atoms with Crippen LogP contribution in [0.1, 0.15) is 22.7 Å². The molecule has 0 spiro atoms. The van der Waals surface area contributed by atoms with Crippen LogP contribution in [0.15, 0.2) is 91.3 Å². The minimum absolute atomic E-state index is 0.0371. The number of aromatic amines is 1. The van der Waals surface area contributed by atoms with E-state index in [4.69, 9.17) is 11.6 Å². The van der Waals surface area contributed by atoms with Crippen molar-refractivity contribution in [2.45, 2.75) is 18.8 Å². The van der Waals surface area contributed by atoms with Crippen molar-refractivity contribution < 1.29 is 18.3 Å². The smallest absolute Gasteiger partial charge is 0.203 e. The Morgan fingerprint density at radius 3 is 2.56 bits per heavy atom. The summed E-state index contributed by atoms with van der Waals surface area (Å²) >= 11 is 5.82. The number of H-pyrrole nitrogens is 1. The van der Waals surface area contributed by atoms with Crippen molar-refractivity contribution in [3.05, 3.63) is 130 Å². The molecule has 1 unspecified atom stereocenters. The molecule has 4 nitrogen and oxygen atoms in total. The number of hydrogen-bond acceptors (Lipinski definition) is 2. The van der Waals surface area contributed by atoms with Gasteiger partial charge in [0.2, 0.25) is 5.69 Å². The number of hydrogen-bond donors (Lipinski definition) is 1. The first-order valence-corrected chi connectivity index (χ1v) is 11.8. The summed E-state index contributed by atoms with van der Waals surface area (Å²) in [5, 5.41) is 13.9. The molecule has 1 N–H and O–H groups in total. The zero-order valence-corrected chi connectivity index (χ0v) is 19.8. The predicted molar refractivity (Wildman–Crippen MR) is 136 cm³/mol. The Morgan fingerprint density at radius 2 is 1.78 bits per heavy atom. The molecule has 5 rings (SSSR count). The highest BCUT2D eigenvalue weighted by atomic mass is 35.5. The second-order valence-corrected chi connectivity index (χ2v) is 9.08. The summed E-state index contributed by atoms with van der Waals surface area (Å²) in [6.45, 7) is 0. The third kappa shape index (κ3) is 4.72. The van der Waals surface area contributed by atoms with Crippen molar-refractivity contribution in [3.63, 3.8) is 0 Å². The van der Waals surface area contributed by atoms with E-state index in [-0.39, 0.29) is 34.0 Å². The molecule has 0 aliphatic heterocycles. The maximum atomic E-state index is 14.5. The zero-order chi connectivity index (χ0) is 25.2. The van der Waals surface area contributed by atoms with E-state index in [0.717, 1.165) is 40.4 Å². The summed E-state index contributed by atoms with van der Waals surface area (Å²) in [4.78, 5) is 16.7. The Morgan fingerprint density at radius 1 is 0.972 bits per heavy atom. The van der Waals surface area contributed by atoms with Crippen LogP contribution in [0, 0.1) is 16.8 Å². The van der Waals surface area contributed by atoms with Crippen molar-refractivity contribution in [3.8, 4) is 11.1 Å². The lowest BCUT2D eigenvalue weighted by molar-refractivity contribution is -0.614. The second-order valence-electron chi connectivity index (χ2n) is 8.67. The van der Waals surface area contributed by atoms with Crippen molar-refractivity contribution >= 4 is 28.3 Å². The quantitative estimate of drug-likeness (QED) is 0.156. The highest BCUT2D eigenvalue weighted by Crippen LogP contribution is 2.31. The molecule has 7 heteroatoms. The van der Waals surface area contributed by atoms with Crippen LogP contribution in [0.2, 0.25) is 5.02 Å². The molecule has 36 heavy (non-hydrogen) atoms. The molecule has 0 aliphatic carbocycles. The summed E-state index contributed by atoms with van der Waals surface area (Å²) in [5.74, 6) is -2.66. The monoisotopic (exact) mass is 502 g/mol. The van der Waals surface area contributed by atoms with E-state index < -0.39 is 17.6 Å². The standard InChI is InChI=1S/C29H21ClF2N2O2/c30-23-8-9-24(31)28(29(23)32)21-7-11-26(34(36)17-21)22(15-18-4-2-1-3-5-18)27(35)16-19-6-10-25-20(14-19)12-13-33-25/h1-14,17,22,33H,15-16H2. The number of pyridine rings is 1. The molecule has 0 radical (unpaired) electrons. The van der Waals surface area contributed by atoms with Crippen LogP contribution in [0.5, 0.6) is 0 Å². The maximum absolute atomic E-state index is 14.5. The van der Waals surface area contributed by atoms with Gasteiger partial charge in [0.1, 0.15) is 11.7 Å². The fourth-order valence-electron chi connectivity index (χ4n) is 4.47. The van der Waals surface area contributed by atoms with E-state index in [2.05, 4.69) is 4.98 Å². The van der Waals surface area contributed by atoms with Gasteiger partial charge in [0.05, 0.1) is 16.1 Å². The van der Waals surface area contributed by atoms with Crippen LogP contribution in [0.4, 0.5) is 8.78 Å². The van der Waals surface area contributed by atoms with Gasteiger partial charge in [0.15, 0.2) is 17.8 Å². The Bertz CT molecular complexity index is 1570. The molecule has 2 aromatic heterocycles. The minimum atomic E-state index is -0.943. The lowest BCUT2D eigenvalue weighted by atomic mass is 9.88. The number of rotatable bonds is 7. The average molecular weight is 503 g/mol. The summed E-state index contributed by atoms with van der Waals surface area (Å²) < 4.78 is 29.5. The topological polar surface area (TPSA) is 59.8 Å². The van der Waals surface area contributed by atoms with Crippen molar-refractivity contribution in [1.29, 1.82) is 0 Å². The van der Waals surface area contributed by atoms with Gasteiger partial charge in [0.25, 0.3) is 0 Å². The van der Waals surface area contributed by atoms with Crippen LogP contribution < -0.4 is 4.73 Å². The molecule has 0 saturated carbocycles. The van der Waals surface area contributed by atoms with Crippen molar-refractivity contribution in [1.82, 2.24) is 4.98 Å². The summed E-state index contributed by atoms with van der Waals surface area (Å²) in [6.07, 6.45) is 3.37. The van der Waals surface area contributed by atoms with Gasteiger partial charge in [-0.25, -0.2) is 8.78 Å². The van der Waals surface area contributed by atoms with Crippen molar-refractivity contribution in [2.24, 2.45) is 0 Å². The fourth-order valence-corrected chi connectivity index (χ4v) is 4.63. The second kappa shape index (κ2) is 9.91. The number of ketones is 1. The fraction of sp³-hybridized carbons (Fsp3) is 0.103. The third-order valence-corrected chi connectivity index (χ3v) is 6.59. The molecule has 5 aromatic rings. The molecular formula is C29H21ClF2N2O2. The van der Waals surface area contributed by atoms with Crippen LogP contribution in [0.3, 0.4) is 0 Å². The molecule has 0 bridgehead atoms. The first-order valence-electron chi connectivity index (χ1n) is 11.4. The molecule has 0 aliphatic rings. The normalized spacial score (nSPS) is 12.1. The van der Waals surface area contributed by atoms with Gasteiger partial charge in [-0.3, -0.25) is 4.79 Å². The van der Waals surface area contributed by atoms with Crippen molar-refractivity contribution in [2.75, 3.05) is 0 Å². The average Bonchev–Trinajstić information content (AvgIpc) is 3.34. The first-order chi connectivity index (χ1) is 17.4. The number of carbonyl (C=O) groups is 1. The minimum Gasteiger partial charge on any atom is -0.618 e. The Balaban J connectivity index is 1.51. The molecule has 1 atom stereocenters. The molecular weight excluding hydrogens is 482 g/mol. The SMILES string of the molecule is O=C(Cc1ccc2[nH]ccc2c1)C(Cc1ccccc1)c1ccc(-c2c(F)ccc(Cl)c2F)c[n+]1[O-]. The van der Waals surface area contributed by atoms with E-state index >= 15 is 0 Å². The van der Waals surface area contributed by atoms with Crippen LogP contribution >= 0.6 is 11.6 Å². The van der Waals surface area contributed by atoms with Gasteiger partial charge in [-0.15, -0.1) is 0 Å². The largest absolute Gasteiger partial charge is 0.618 e. The third-order valence-electron chi connectivity index (χ3n) is 6.30. The predicted octanol–water partition coefficient (Wildman–Crippen LogP) is 6.54. The lowest BCUT2D eigenvalue weighted by Crippen LogP contribution is -2.36. The zero-order valence-electron chi connectivity index (χ0n) is 19.0. The van der Waals surface area contributed by atoms with E-state index in [0.29, 0.717) is 11.2 Å². The molecule has 0 amide bonds. The van der Waals surface area contributed by atoms with E-state index in [1.807, 2.05) is 60.8 Å². The number of nitrogens with zero attached hydrogens (tertiary/aromatic N) is 1. The van der Waals surface area contributed by atoms with E-state index in [1.54, 1.807) is 0 Å². The molecule has 3 aromatic carbocycles. The molecule has 0 saturated heterocycles. The highest BCUT2D eigenvalue weighted by Gasteiger charge is 2.29. The van der Waals surface area contributed by atoms with Gasteiger partial charge >= 0.3 is 0 Å². The van der Waals surface area contributed by atoms with E-state index in [9.17, 15) is 18.8 Å². The summed E-state index contributed by atoms with van der Waals surface area (Å²) in [7, 11) is 0. The number of aromatic nitrogens is 2. The first kappa shape index (κ1) is 23.7. The highest BCUT2D eigenvalue weighted by molar-refractivity contribution is 6.31. The number of carbonyl (C=O) groups excluding carboxylic acids is 1. The van der Waals surface area contributed by atoms with Crippen LogP contribution in [0.25, 0.3) is 22.0 Å². The van der Waals surface area contributed by atoms with Crippen LogP contribution in [-0.4, -0.2) is 10.8 Å². The number of nitrogens with one attached hydrogen (secondary N) is 1. The Labute approximate surface area is 211 Å². The Kier molecular flexibility index (Phi) is 6.53. The molecule has 0 fully saturated rings. The number of Topliss-reactive ketones (excluding diaryl/α,β-unsaturated/α-hetero) is 1. The van der Waals surface area contributed by atoms with Gasteiger partial charge in [-0.2, -0.15) is 4.73 Å². The molecule has 2 heterocycles. The summed E-state index contributed by atoms with van der Waals surface area (Å²) in [6, 6.07) is 22.2. The Hall–Kier alpha value is -4.03. The van der Waals surface area contributed by atoms with Gasteiger partial charge in [0, 0.05) is 24.2 Å². The van der Waals surface area contributed by atoms with Gasteiger partial charge in [-0.1, -0.05) is 48.0 Å². The number of fused-ring (bicyclic) bond motifs is 1. The maximum Gasteiger partial charge on any atom is 0.203 e. The lowest BCUT2D eigenvalue weighted by Gasteiger charge is -2.17. The van der Waals surface area contributed by atoms with Gasteiger partial charge < -0.3 is 10.2 Å². The van der Waals surface area contributed by atoms with E-state index in [1.165, 1.54) is 12.1 Å². The van der Waals surface area contributed by atoms with Crippen LogP contribution in [-0.2, 0) is 17.6 Å². The number of halogens is 3. The van der Waals surface area contributed by atoms with Gasteiger partial charge in [-0.05, 0) is 59.3 Å². The molecule has 180 valence electrons. The summed E-state index contributed by atoms with van der Waals surface area (Å²) in [5.41, 5.74) is 2.56.